The molecule has 0 saturated carbocycles. The van der Waals surface area contributed by atoms with Crippen molar-refractivity contribution in [1.29, 1.82) is 0 Å². The van der Waals surface area contributed by atoms with Crippen LogP contribution in [0.25, 0.3) is 0 Å². The lowest BCUT2D eigenvalue weighted by Crippen LogP contribution is -2.00. The molecule has 2 heteroatoms. The first kappa shape index (κ1) is 8.61. The summed E-state index contributed by atoms with van der Waals surface area (Å²) in [5.74, 6) is 2.57. The van der Waals surface area contributed by atoms with Gasteiger partial charge in [-0.3, -0.25) is 4.98 Å². The maximum Gasteiger partial charge on any atom is 0.0393 e. The van der Waals surface area contributed by atoms with E-state index >= 15 is 0 Å². The second-order valence-electron chi connectivity index (χ2n) is 2.57. The number of nitrogens with zero attached hydrogens (tertiary/aromatic N) is 1. The lowest BCUT2D eigenvalue weighted by molar-refractivity contribution is 1.09. The van der Waals surface area contributed by atoms with Crippen LogP contribution in [0.5, 0.6) is 0 Å². The molecule has 0 fully saturated rings. The first-order valence-electron chi connectivity index (χ1n) is 3.93. The largest absolute Gasteiger partial charge is 0.384 e. The molecule has 0 spiro atoms. The highest BCUT2D eigenvalue weighted by Gasteiger charge is 1.90. The van der Waals surface area contributed by atoms with Crippen LogP contribution < -0.4 is 5.32 Å². The summed E-state index contributed by atoms with van der Waals surface area (Å²) in [5, 5.41) is 3.20. The third-order valence-corrected chi connectivity index (χ3v) is 1.50. The molecule has 1 N–H and O–H groups in total. The Hall–Kier alpha value is -1.49. The van der Waals surface area contributed by atoms with E-state index in [2.05, 4.69) is 16.2 Å². The highest BCUT2D eigenvalue weighted by Crippen LogP contribution is 2.06. The van der Waals surface area contributed by atoms with E-state index in [4.69, 9.17) is 6.42 Å². The van der Waals surface area contributed by atoms with Gasteiger partial charge in [-0.05, 0) is 19.1 Å². The van der Waals surface area contributed by atoms with Crippen molar-refractivity contribution < 1.29 is 0 Å². The number of terminal acetylenes is 1. The number of anilines is 1. The fourth-order valence-corrected chi connectivity index (χ4v) is 0.935. The lowest BCUT2D eigenvalue weighted by atomic mass is 10.3. The Morgan fingerprint density at radius 2 is 2.50 bits per heavy atom. The zero-order chi connectivity index (χ0) is 8.81. The molecule has 0 aliphatic carbocycles. The van der Waals surface area contributed by atoms with Gasteiger partial charge in [0, 0.05) is 30.5 Å². The predicted molar refractivity (Wildman–Crippen MR) is 50.9 cm³/mol. The molecule has 0 bridgehead atoms. The van der Waals surface area contributed by atoms with E-state index in [0.29, 0.717) is 0 Å². The van der Waals surface area contributed by atoms with Gasteiger partial charge in [-0.15, -0.1) is 12.3 Å². The maximum absolute atomic E-state index is 5.12. The first-order valence-corrected chi connectivity index (χ1v) is 3.93. The van der Waals surface area contributed by atoms with E-state index in [9.17, 15) is 0 Å². The van der Waals surface area contributed by atoms with Gasteiger partial charge in [-0.1, -0.05) is 0 Å². The summed E-state index contributed by atoms with van der Waals surface area (Å²) in [5.41, 5.74) is 2.10. The van der Waals surface area contributed by atoms with E-state index < -0.39 is 0 Å². The molecule has 12 heavy (non-hydrogen) atoms. The van der Waals surface area contributed by atoms with Crippen LogP contribution in [0, 0.1) is 19.3 Å². The second kappa shape index (κ2) is 4.40. The Balaban J connectivity index is 2.48. The third kappa shape index (κ3) is 2.63. The Bertz CT molecular complexity index is 286. The predicted octanol–water partition coefficient (Wildman–Crippen LogP) is 1.83. The van der Waals surface area contributed by atoms with Crippen molar-refractivity contribution in [2.24, 2.45) is 0 Å². The molecule has 0 aliphatic heterocycles. The third-order valence-electron chi connectivity index (χ3n) is 1.50. The number of aryl methyl sites for hydroxylation is 1. The summed E-state index contributed by atoms with van der Waals surface area (Å²) in [7, 11) is 0. The van der Waals surface area contributed by atoms with E-state index in [1.807, 2.05) is 19.1 Å². The number of pyridine rings is 1. The van der Waals surface area contributed by atoms with E-state index in [0.717, 1.165) is 24.3 Å². The van der Waals surface area contributed by atoms with Crippen molar-refractivity contribution in [1.82, 2.24) is 4.98 Å². The van der Waals surface area contributed by atoms with Crippen LogP contribution in [0.1, 0.15) is 12.1 Å². The standard InChI is InChI=1S/C10H12N2/c1-3-4-6-12-10-5-7-11-9(2)8-10/h1,5,7-8H,4,6H2,2H3,(H,11,12). The van der Waals surface area contributed by atoms with Gasteiger partial charge in [0.25, 0.3) is 0 Å². The van der Waals surface area contributed by atoms with Crippen molar-refractivity contribution in [3.63, 3.8) is 0 Å². The molecule has 0 aliphatic rings. The van der Waals surface area contributed by atoms with Crippen molar-refractivity contribution in [3.8, 4) is 12.3 Å². The topological polar surface area (TPSA) is 24.9 Å². The molecule has 1 aromatic rings. The van der Waals surface area contributed by atoms with Crippen LogP contribution in [0.3, 0.4) is 0 Å². The highest BCUT2D eigenvalue weighted by molar-refractivity contribution is 5.42. The molecule has 0 amide bonds. The van der Waals surface area contributed by atoms with Crippen LogP contribution in [0.4, 0.5) is 5.69 Å². The summed E-state index contributed by atoms with van der Waals surface area (Å²) >= 11 is 0. The molecule has 1 rings (SSSR count). The molecule has 2 nitrogen and oxygen atoms in total. The van der Waals surface area contributed by atoms with Crippen LogP contribution >= 0.6 is 0 Å². The smallest absolute Gasteiger partial charge is 0.0393 e. The first-order chi connectivity index (χ1) is 5.83. The number of nitrogens with one attached hydrogen (secondary N) is 1. The van der Waals surface area contributed by atoms with Gasteiger partial charge in [0.15, 0.2) is 0 Å². The van der Waals surface area contributed by atoms with E-state index in [1.165, 1.54) is 0 Å². The molecule has 1 aromatic heterocycles. The van der Waals surface area contributed by atoms with Crippen LogP contribution in [0.2, 0.25) is 0 Å². The van der Waals surface area contributed by atoms with Crippen LogP contribution in [-0.4, -0.2) is 11.5 Å². The minimum absolute atomic E-state index is 0.751. The van der Waals surface area contributed by atoms with Gasteiger partial charge in [-0.25, -0.2) is 0 Å². The van der Waals surface area contributed by atoms with Crippen molar-refractivity contribution >= 4 is 5.69 Å². The molecule has 0 unspecified atom stereocenters. The summed E-state index contributed by atoms with van der Waals surface area (Å²) in [4.78, 5) is 4.09. The quantitative estimate of drug-likeness (QED) is 0.539. The molecule has 0 aromatic carbocycles. The van der Waals surface area contributed by atoms with Crippen molar-refractivity contribution in [3.05, 3.63) is 24.0 Å². The Morgan fingerprint density at radius 1 is 1.67 bits per heavy atom. The van der Waals surface area contributed by atoms with Gasteiger partial charge in [0.05, 0.1) is 0 Å². The van der Waals surface area contributed by atoms with Gasteiger partial charge in [0.1, 0.15) is 0 Å². The Morgan fingerprint density at radius 3 is 3.17 bits per heavy atom. The van der Waals surface area contributed by atoms with Gasteiger partial charge >= 0.3 is 0 Å². The minimum Gasteiger partial charge on any atom is -0.384 e. The second-order valence-corrected chi connectivity index (χ2v) is 2.57. The zero-order valence-electron chi connectivity index (χ0n) is 7.17. The molecule has 0 saturated heterocycles. The van der Waals surface area contributed by atoms with E-state index in [-0.39, 0.29) is 0 Å². The Labute approximate surface area is 73.0 Å². The average molecular weight is 160 g/mol. The monoisotopic (exact) mass is 160 g/mol. The molecule has 1 heterocycles. The summed E-state index contributed by atoms with van der Waals surface area (Å²) in [6.07, 6.45) is 7.66. The summed E-state index contributed by atoms with van der Waals surface area (Å²) < 4.78 is 0. The average Bonchev–Trinajstić information content (AvgIpc) is 2.05. The molecule has 0 atom stereocenters. The number of hydrogen-bond donors (Lipinski definition) is 1. The van der Waals surface area contributed by atoms with Crippen molar-refractivity contribution in [2.45, 2.75) is 13.3 Å². The van der Waals surface area contributed by atoms with E-state index in [1.54, 1.807) is 6.20 Å². The zero-order valence-corrected chi connectivity index (χ0v) is 7.17. The van der Waals surface area contributed by atoms with Crippen molar-refractivity contribution in [2.75, 3.05) is 11.9 Å². The molecule has 0 radical (unpaired) electrons. The molecule has 62 valence electrons. The normalized spacial score (nSPS) is 9.00. The van der Waals surface area contributed by atoms with Gasteiger partial charge in [0.2, 0.25) is 0 Å². The van der Waals surface area contributed by atoms with Gasteiger partial charge < -0.3 is 5.32 Å². The maximum atomic E-state index is 5.12. The summed E-state index contributed by atoms with van der Waals surface area (Å²) in [6, 6.07) is 3.93. The lowest BCUT2D eigenvalue weighted by Gasteiger charge is -2.03. The molecular weight excluding hydrogens is 148 g/mol. The fraction of sp³-hybridized carbons (Fsp3) is 0.300. The Kier molecular flexibility index (Phi) is 3.16. The SMILES string of the molecule is C#CCCNc1ccnc(C)c1. The van der Waals surface area contributed by atoms with Crippen LogP contribution in [-0.2, 0) is 0 Å². The number of aromatic nitrogens is 1. The number of hydrogen-bond acceptors (Lipinski definition) is 2. The fourth-order valence-electron chi connectivity index (χ4n) is 0.935. The highest BCUT2D eigenvalue weighted by atomic mass is 14.9. The summed E-state index contributed by atoms with van der Waals surface area (Å²) in [6.45, 7) is 2.78. The minimum atomic E-state index is 0.751. The molecular formula is C10H12N2. The number of rotatable bonds is 3. The van der Waals surface area contributed by atoms with Crippen LogP contribution in [0.15, 0.2) is 18.3 Å². The van der Waals surface area contributed by atoms with Gasteiger partial charge in [-0.2, -0.15) is 0 Å².